The second-order valence-corrected chi connectivity index (χ2v) is 3.74. The first-order valence-corrected chi connectivity index (χ1v) is 5.56. The van der Waals surface area contributed by atoms with Crippen LogP contribution in [0, 0.1) is 5.82 Å². The number of halogens is 1. The highest BCUT2D eigenvalue weighted by Gasteiger charge is 2.08. The van der Waals surface area contributed by atoms with Gasteiger partial charge in [-0.2, -0.15) is 0 Å². The van der Waals surface area contributed by atoms with Crippen molar-refractivity contribution < 1.29 is 13.9 Å². The predicted octanol–water partition coefficient (Wildman–Crippen LogP) is 2.65. The lowest BCUT2D eigenvalue weighted by Crippen LogP contribution is -2.05. The van der Waals surface area contributed by atoms with Crippen molar-refractivity contribution in [2.45, 2.75) is 6.42 Å². The maximum atomic E-state index is 13.5. The van der Waals surface area contributed by atoms with E-state index in [1.54, 1.807) is 12.4 Å². The summed E-state index contributed by atoms with van der Waals surface area (Å²) in [5.74, 6) is -0.512. The first kappa shape index (κ1) is 12.2. The number of aldehydes is 1. The molecule has 92 valence electrons. The minimum atomic E-state index is -0.522. The smallest absolute Gasteiger partial charge is 0.165 e. The Balaban J connectivity index is 2.00. The zero-order valence-electron chi connectivity index (χ0n) is 9.67. The minimum absolute atomic E-state index is 0.0105. The van der Waals surface area contributed by atoms with Crippen LogP contribution in [0.5, 0.6) is 5.75 Å². The Hall–Kier alpha value is -2.23. The number of hydrogen-bond acceptors (Lipinski definition) is 3. The Morgan fingerprint density at radius 2 is 2.17 bits per heavy atom. The molecule has 3 nitrogen and oxygen atoms in total. The fourth-order valence-corrected chi connectivity index (χ4v) is 1.59. The number of ether oxygens (including phenoxy) is 1. The van der Waals surface area contributed by atoms with Crippen LogP contribution >= 0.6 is 0 Å². The van der Waals surface area contributed by atoms with Crippen LogP contribution in [0.15, 0.2) is 42.7 Å². The Kier molecular flexibility index (Phi) is 4.02. The van der Waals surface area contributed by atoms with Crippen molar-refractivity contribution in [1.82, 2.24) is 4.98 Å². The standard InChI is InChI=1S/C14H12FNO2/c15-13-5-1-4-12(10-17)14(13)18-8-6-11-3-2-7-16-9-11/h1-5,7,9-10H,6,8H2. The van der Waals surface area contributed by atoms with E-state index in [-0.39, 0.29) is 11.3 Å². The topological polar surface area (TPSA) is 39.2 Å². The fourth-order valence-electron chi connectivity index (χ4n) is 1.59. The molecular weight excluding hydrogens is 233 g/mol. The van der Waals surface area contributed by atoms with Crippen molar-refractivity contribution in [2.24, 2.45) is 0 Å². The van der Waals surface area contributed by atoms with Crippen LogP contribution in [0.3, 0.4) is 0 Å². The molecule has 0 amide bonds. The maximum Gasteiger partial charge on any atom is 0.165 e. The third-order valence-electron chi connectivity index (χ3n) is 2.48. The lowest BCUT2D eigenvalue weighted by molar-refractivity contribution is 0.111. The molecule has 0 N–H and O–H groups in total. The SMILES string of the molecule is O=Cc1cccc(F)c1OCCc1cccnc1. The molecule has 0 saturated heterocycles. The summed E-state index contributed by atoms with van der Waals surface area (Å²) in [5, 5.41) is 0. The van der Waals surface area contributed by atoms with Crippen molar-refractivity contribution in [3.63, 3.8) is 0 Å². The molecule has 0 fully saturated rings. The summed E-state index contributed by atoms with van der Waals surface area (Å²) in [6.07, 6.45) is 4.61. The normalized spacial score (nSPS) is 10.1. The van der Waals surface area contributed by atoms with E-state index >= 15 is 0 Å². The van der Waals surface area contributed by atoms with Gasteiger partial charge < -0.3 is 4.74 Å². The number of carbonyl (C=O) groups is 1. The zero-order valence-corrected chi connectivity index (χ0v) is 9.67. The third kappa shape index (κ3) is 2.91. The third-order valence-corrected chi connectivity index (χ3v) is 2.48. The van der Waals surface area contributed by atoms with Gasteiger partial charge in [0.1, 0.15) is 0 Å². The Morgan fingerprint density at radius 1 is 1.28 bits per heavy atom. The number of pyridine rings is 1. The lowest BCUT2D eigenvalue weighted by Gasteiger charge is -2.09. The summed E-state index contributed by atoms with van der Waals surface area (Å²) < 4.78 is 18.8. The van der Waals surface area contributed by atoms with E-state index < -0.39 is 5.82 Å². The first-order valence-electron chi connectivity index (χ1n) is 5.56. The average Bonchev–Trinajstić information content (AvgIpc) is 2.41. The summed E-state index contributed by atoms with van der Waals surface area (Å²) >= 11 is 0. The van der Waals surface area contributed by atoms with Crippen LogP contribution in [0.2, 0.25) is 0 Å². The number of hydrogen-bond donors (Lipinski definition) is 0. The lowest BCUT2D eigenvalue weighted by atomic mass is 10.2. The molecule has 0 unspecified atom stereocenters. The Labute approximate surface area is 104 Å². The second-order valence-electron chi connectivity index (χ2n) is 3.74. The molecule has 1 heterocycles. The molecule has 1 aromatic heterocycles. The van der Waals surface area contributed by atoms with Crippen LogP contribution < -0.4 is 4.74 Å². The highest BCUT2D eigenvalue weighted by molar-refractivity contribution is 5.79. The molecule has 0 bridgehead atoms. The molecule has 18 heavy (non-hydrogen) atoms. The van der Waals surface area contributed by atoms with Gasteiger partial charge in [-0.3, -0.25) is 9.78 Å². The van der Waals surface area contributed by atoms with Crippen LogP contribution in [0.4, 0.5) is 4.39 Å². The van der Waals surface area contributed by atoms with Gasteiger partial charge in [-0.25, -0.2) is 4.39 Å². The number of carbonyl (C=O) groups excluding carboxylic acids is 1. The molecular formula is C14H12FNO2. The minimum Gasteiger partial charge on any atom is -0.489 e. The maximum absolute atomic E-state index is 13.5. The molecule has 0 aliphatic carbocycles. The van der Waals surface area contributed by atoms with Crippen molar-refractivity contribution in [3.8, 4) is 5.75 Å². The molecule has 0 atom stereocenters. The summed E-state index contributed by atoms with van der Waals surface area (Å²) in [7, 11) is 0. The summed E-state index contributed by atoms with van der Waals surface area (Å²) in [6, 6.07) is 8.02. The molecule has 4 heteroatoms. The van der Waals surface area contributed by atoms with Gasteiger partial charge in [0.15, 0.2) is 17.9 Å². The van der Waals surface area contributed by atoms with E-state index in [9.17, 15) is 9.18 Å². The fraction of sp³-hybridized carbons (Fsp3) is 0.143. The number of nitrogens with zero attached hydrogens (tertiary/aromatic N) is 1. The van der Waals surface area contributed by atoms with Gasteiger partial charge in [-0.05, 0) is 23.8 Å². The molecule has 0 aliphatic rings. The predicted molar refractivity (Wildman–Crippen MR) is 65.2 cm³/mol. The Bertz CT molecular complexity index is 529. The second kappa shape index (κ2) is 5.91. The van der Waals surface area contributed by atoms with Crippen LogP contribution in [0.1, 0.15) is 15.9 Å². The monoisotopic (exact) mass is 245 g/mol. The van der Waals surface area contributed by atoms with Gasteiger partial charge >= 0.3 is 0 Å². The molecule has 2 aromatic rings. The molecule has 2 rings (SSSR count). The van der Waals surface area contributed by atoms with Gasteiger partial charge in [0.2, 0.25) is 0 Å². The molecule has 0 aliphatic heterocycles. The quantitative estimate of drug-likeness (QED) is 0.760. The van der Waals surface area contributed by atoms with Crippen molar-refractivity contribution >= 4 is 6.29 Å². The van der Waals surface area contributed by atoms with Crippen molar-refractivity contribution in [2.75, 3.05) is 6.61 Å². The van der Waals surface area contributed by atoms with E-state index in [0.29, 0.717) is 19.3 Å². The number of para-hydroxylation sites is 1. The summed E-state index contributed by atoms with van der Waals surface area (Å²) in [5.41, 5.74) is 1.22. The van der Waals surface area contributed by atoms with Gasteiger partial charge in [-0.15, -0.1) is 0 Å². The molecule has 0 radical (unpaired) electrons. The highest BCUT2D eigenvalue weighted by atomic mass is 19.1. The zero-order chi connectivity index (χ0) is 12.8. The van der Waals surface area contributed by atoms with E-state index in [2.05, 4.69) is 4.98 Å². The number of benzene rings is 1. The van der Waals surface area contributed by atoms with E-state index in [0.717, 1.165) is 5.56 Å². The van der Waals surface area contributed by atoms with Gasteiger partial charge in [-0.1, -0.05) is 12.1 Å². The van der Waals surface area contributed by atoms with Gasteiger partial charge in [0.05, 0.1) is 12.2 Å². The largest absolute Gasteiger partial charge is 0.489 e. The van der Waals surface area contributed by atoms with E-state index in [4.69, 9.17) is 4.74 Å². The molecule has 0 spiro atoms. The molecule has 1 aromatic carbocycles. The number of aromatic nitrogens is 1. The summed E-state index contributed by atoms with van der Waals surface area (Å²) in [4.78, 5) is 14.7. The van der Waals surface area contributed by atoms with Crippen molar-refractivity contribution in [1.29, 1.82) is 0 Å². The van der Waals surface area contributed by atoms with Crippen LogP contribution in [-0.4, -0.2) is 17.9 Å². The first-order chi connectivity index (χ1) is 8.81. The van der Waals surface area contributed by atoms with Crippen molar-refractivity contribution in [3.05, 3.63) is 59.7 Å². The number of rotatable bonds is 5. The molecule has 0 saturated carbocycles. The van der Waals surface area contributed by atoms with Crippen LogP contribution in [-0.2, 0) is 6.42 Å². The average molecular weight is 245 g/mol. The highest BCUT2D eigenvalue weighted by Crippen LogP contribution is 2.21. The van der Waals surface area contributed by atoms with Crippen LogP contribution in [0.25, 0.3) is 0 Å². The Morgan fingerprint density at radius 3 is 2.89 bits per heavy atom. The summed E-state index contributed by atoms with van der Waals surface area (Å²) in [6.45, 7) is 0.299. The van der Waals surface area contributed by atoms with Gasteiger partial charge in [0.25, 0.3) is 0 Å². The van der Waals surface area contributed by atoms with E-state index in [1.165, 1.54) is 18.2 Å². The van der Waals surface area contributed by atoms with E-state index in [1.807, 2.05) is 12.1 Å². The van der Waals surface area contributed by atoms with Gasteiger partial charge in [0, 0.05) is 18.8 Å².